The second kappa shape index (κ2) is 5.92. The monoisotopic (exact) mass is 307 g/mol. The van der Waals surface area contributed by atoms with Crippen molar-refractivity contribution in [2.75, 3.05) is 0 Å². The van der Waals surface area contributed by atoms with Crippen LogP contribution >= 0.6 is 11.6 Å². The average molecular weight is 308 g/mol. The molecule has 0 aromatic heterocycles. The minimum atomic E-state index is -0.557. The van der Waals surface area contributed by atoms with Crippen molar-refractivity contribution in [2.24, 2.45) is 15.9 Å². The molecule has 0 radical (unpaired) electrons. The standard InChI is InChI=1S/C17H10ClN3O/c18-13-6-7-15-14(9-13)17(22)21-16(20-15)12(10-19)8-11-4-2-1-3-5-11/h1-9,14H/b12-8+. The minimum Gasteiger partial charge on any atom is -0.271 e. The summed E-state index contributed by atoms with van der Waals surface area (Å²) in [5.74, 6) is -0.784. The minimum absolute atomic E-state index is 0.138. The fourth-order valence-electron chi connectivity index (χ4n) is 2.18. The van der Waals surface area contributed by atoms with Crippen LogP contribution < -0.4 is 0 Å². The number of nitrogens with zero attached hydrogens (tertiary/aromatic N) is 3. The lowest BCUT2D eigenvalue weighted by Gasteiger charge is -2.18. The molecule has 4 nitrogen and oxygen atoms in total. The summed E-state index contributed by atoms with van der Waals surface area (Å²) in [6.45, 7) is 0. The SMILES string of the molecule is N#C/C(=C\c1ccccc1)C1=NC(=O)C2C=C(Cl)C=CC2=N1. The van der Waals surface area contributed by atoms with Crippen LogP contribution in [0.15, 0.2) is 69.2 Å². The first-order valence-corrected chi connectivity index (χ1v) is 6.99. The second-order valence-corrected chi connectivity index (χ2v) is 5.19. The molecule has 0 saturated heterocycles. The van der Waals surface area contributed by atoms with Crippen LogP contribution in [0.25, 0.3) is 6.08 Å². The lowest BCUT2D eigenvalue weighted by molar-refractivity contribution is -0.118. The summed E-state index contributed by atoms with van der Waals surface area (Å²) < 4.78 is 0. The van der Waals surface area contributed by atoms with E-state index in [0.29, 0.717) is 10.7 Å². The Morgan fingerprint density at radius 1 is 1.23 bits per heavy atom. The van der Waals surface area contributed by atoms with E-state index in [1.807, 2.05) is 30.3 Å². The predicted octanol–water partition coefficient (Wildman–Crippen LogP) is 3.28. The highest BCUT2D eigenvalue weighted by Crippen LogP contribution is 2.23. The molecule has 0 fully saturated rings. The summed E-state index contributed by atoms with van der Waals surface area (Å²) in [6.07, 6.45) is 6.61. The van der Waals surface area contributed by atoms with Gasteiger partial charge in [-0.2, -0.15) is 10.3 Å². The summed E-state index contributed by atoms with van der Waals surface area (Å²) in [5, 5.41) is 9.82. The summed E-state index contributed by atoms with van der Waals surface area (Å²) in [6, 6.07) is 11.4. The number of benzene rings is 1. The van der Waals surface area contributed by atoms with Crippen molar-refractivity contribution >= 4 is 35.1 Å². The third-order valence-corrected chi connectivity index (χ3v) is 3.50. The summed E-state index contributed by atoms with van der Waals surface area (Å²) in [4.78, 5) is 20.4. The molecule has 1 unspecified atom stereocenters. The molecule has 1 aliphatic carbocycles. The molecule has 1 heterocycles. The van der Waals surface area contributed by atoms with E-state index in [1.165, 1.54) is 0 Å². The smallest absolute Gasteiger partial charge is 0.260 e. The van der Waals surface area contributed by atoms with Crippen LogP contribution in [0.5, 0.6) is 0 Å². The number of amides is 1. The van der Waals surface area contributed by atoms with Crippen LogP contribution in [0.2, 0.25) is 0 Å². The van der Waals surface area contributed by atoms with Crippen molar-refractivity contribution < 1.29 is 4.79 Å². The molecule has 106 valence electrons. The lowest BCUT2D eigenvalue weighted by Crippen LogP contribution is -2.27. The fraction of sp³-hybridized carbons (Fsp3) is 0.0588. The van der Waals surface area contributed by atoms with Crippen LogP contribution in [0, 0.1) is 17.2 Å². The lowest BCUT2D eigenvalue weighted by atomic mass is 9.96. The summed E-state index contributed by atoms with van der Waals surface area (Å²) in [7, 11) is 0. The third-order valence-electron chi connectivity index (χ3n) is 3.25. The molecule has 0 spiro atoms. The fourth-order valence-corrected chi connectivity index (χ4v) is 2.37. The number of halogens is 1. The molecule has 0 saturated carbocycles. The van der Waals surface area contributed by atoms with Gasteiger partial charge in [-0.1, -0.05) is 41.9 Å². The summed E-state index contributed by atoms with van der Waals surface area (Å²) in [5.41, 5.74) is 1.65. The highest BCUT2D eigenvalue weighted by atomic mass is 35.5. The highest BCUT2D eigenvalue weighted by Gasteiger charge is 2.28. The van der Waals surface area contributed by atoms with Crippen LogP contribution in [0.1, 0.15) is 5.56 Å². The second-order valence-electron chi connectivity index (χ2n) is 4.75. The van der Waals surface area contributed by atoms with Gasteiger partial charge in [0.1, 0.15) is 12.0 Å². The van der Waals surface area contributed by atoms with Crippen LogP contribution in [-0.2, 0) is 4.79 Å². The predicted molar refractivity (Wildman–Crippen MR) is 86.5 cm³/mol. The number of carbonyl (C=O) groups is 1. The van der Waals surface area contributed by atoms with Crippen molar-refractivity contribution in [3.8, 4) is 6.07 Å². The zero-order valence-electron chi connectivity index (χ0n) is 11.4. The van der Waals surface area contributed by atoms with Gasteiger partial charge in [0.15, 0.2) is 5.84 Å². The molecule has 1 atom stereocenters. The maximum Gasteiger partial charge on any atom is 0.260 e. The maximum atomic E-state index is 12.1. The average Bonchev–Trinajstić information content (AvgIpc) is 2.54. The van der Waals surface area contributed by atoms with Crippen molar-refractivity contribution in [3.63, 3.8) is 0 Å². The van der Waals surface area contributed by atoms with Gasteiger partial charge in [0.2, 0.25) is 0 Å². The number of aliphatic imine (C=N–C) groups is 2. The molecule has 1 amide bonds. The number of nitriles is 1. The van der Waals surface area contributed by atoms with Crippen LogP contribution in [-0.4, -0.2) is 17.5 Å². The first-order chi connectivity index (χ1) is 10.7. The van der Waals surface area contributed by atoms with Crippen molar-refractivity contribution in [3.05, 3.63) is 64.7 Å². The van der Waals surface area contributed by atoms with E-state index in [9.17, 15) is 10.1 Å². The Morgan fingerprint density at radius 2 is 2.00 bits per heavy atom. The molecule has 1 aromatic rings. The van der Waals surface area contributed by atoms with Crippen LogP contribution in [0.3, 0.4) is 0 Å². The van der Waals surface area contributed by atoms with Gasteiger partial charge in [-0.15, -0.1) is 0 Å². The Morgan fingerprint density at radius 3 is 2.73 bits per heavy atom. The first-order valence-electron chi connectivity index (χ1n) is 6.61. The topological polar surface area (TPSA) is 65.6 Å². The van der Waals surface area contributed by atoms with Gasteiger partial charge in [0.05, 0.1) is 11.3 Å². The number of allylic oxidation sites excluding steroid dienone is 3. The molecule has 1 aromatic carbocycles. The van der Waals surface area contributed by atoms with E-state index >= 15 is 0 Å². The number of carbonyl (C=O) groups excluding carboxylic acids is 1. The van der Waals surface area contributed by atoms with Gasteiger partial charge in [-0.25, -0.2) is 4.99 Å². The number of amidine groups is 1. The molecular weight excluding hydrogens is 298 g/mol. The van der Waals surface area contributed by atoms with Crippen molar-refractivity contribution in [1.29, 1.82) is 5.26 Å². The molecule has 5 heteroatoms. The van der Waals surface area contributed by atoms with Crippen molar-refractivity contribution in [2.45, 2.75) is 0 Å². The number of hydrogen-bond donors (Lipinski definition) is 0. The van der Waals surface area contributed by atoms with E-state index in [1.54, 1.807) is 24.3 Å². The highest BCUT2D eigenvalue weighted by molar-refractivity contribution is 6.34. The largest absolute Gasteiger partial charge is 0.271 e. The van der Waals surface area contributed by atoms with E-state index < -0.39 is 5.92 Å². The Kier molecular flexibility index (Phi) is 3.82. The summed E-state index contributed by atoms with van der Waals surface area (Å²) >= 11 is 5.89. The molecule has 1 aliphatic heterocycles. The van der Waals surface area contributed by atoms with Gasteiger partial charge in [-0.3, -0.25) is 4.79 Å². The van der Waals surface area contributed by atoms with Gasteiger partial charge >= 0.3 is 0 Å². The molecule has 0 bridgehead atoms. The van der Waals surface area contributed by atoms with E-state index in [2.05, 4.69) is 16.1 Å². The Bertz CT molecular complexity index is 823. The number of hydrogen-bond acceptors (Lipinski definition) is 3. The molecule has 3 rings (SSSR count). The van der Waals surface area contributed by atoms with Gasteiger partial charge in [0.25, 0.3) is 5.91 Å². The van der Waals surface area contributed by atoms with E-state index in [4.69, 9.17) is 11.6 Å². The van der Waals surface area contributed by atoms with Gasteiger partial charge in [0, 0.05) is 5.03 Å². The maximum absolute atomic E-state index is 12.1. The number of rotatable bonds is 2. The third kappa shape index (κ3) is 2.80. The normalized spacial score (nSPS) is 20.5. The zero-order valence-corrected chi connectivity index (χ0v) is 12.2. The van der Waals surface area contributed by atoms with E-state index in [0.717, 1.165) is 5.56 Å². The van der Waals surface area contributed by atoms with Gasteiger partial charge in [-0.05, 0) is 29.9 Å². The first kappa shape index (κ1) is 14.2. The van der Waals surface area contributed by atoms with E-state index in [-0.39, 0.29) is 17.3 Å². The van der Waals surface area contributed by atoms with Crippen LogP contribution in [0.4, 0.5) is 0 Å². The van der Waals surface area contributed by atoms with Crippen molar-refractivity contribution in [1.82, 2.24) is 0 Å². The Labute approximate surface area is 132 Å². The Hall–Kier alpha value is -2.77. The number of fused-ring (bicyclic) bond motifs is 1. The van der Waals surface area contributed by atoms with Gasteiger partial charge < -0.3 is 0 Å². The molecular formula is C17H10ClN3O. The Balaban J connectivity index is 1.99. The molecule has 0 N–H and O–H groups in total. The zero-order chi connectivity index (χ0) is 15.5. The quantitative estimate of drug-likeness (QED) is 0.787. The molecule has 22 heavy (non-hydrogen) atoms. The molecule has 2 aliphatic rings.